The zero-order chi connectivity index (χ0) is 21.8. The quantitative estimate of drug-likeness (QED) is 0.383. The lowest BCUT2D eigenvalue weighted by atomic mass is 10.1. The van der Waals surface area contributed by atoms with E-state index in [4.69, 9.17) is 0 Å². The lowest BCUT2D eigenvalue weighted by Crippen LogP contribution is -2.16. The molecule has 4 rings (SSSR count). The van der Waals surface area contributed by atoms with Gasteiger partial charge in [-0.3, -0.25) is 9.78 Å². The Labute approximate surface area is 179 Å². The van der Waals surface area contributed by atoms with Crippen LogP contribution in [-0.2, 0) is 0 Å². The molecule has 0 saturated carbocycles. The van der Waals surface area contributed by atoms with Crippen LogP contribution >= 0.6 is 0 Å². The summed E-state index contributed by atoms with van der Waals surface area (Å²) in [7, 11) is 0. The lowest BCUT2D eigenvalue weighted by molar-refractivity contribution is 0.966. The second-order valence-electron chi connectivity index (χ2n) is 7.03. The minimum absolute atomic E-state index is 0.0353. The van der Waals surface area contributed by atoms with E-state index >= 15 is 0 Å². The van der Waals surface area contributed by atoms with Crippen molar-refractivity contribution >= 4 is 12.2 Å². The zero-order valence-electron chi connectivity index (χ0n) is 17.1. The van der Waals surface area contributed by atoms with Crippen LogP contribution in [0.2, 0.25) is 0 Å². The average molecular weight is 408 g/mol. The predicted octanol–water partition coefficient (Wildman–Crippen LogP) is 4.16. The molecule has 31 heavy (non-hydrogen) atoms. The van der Waals surface area contributed by atoms with Crippen molar-refractivity contribution in [1.82, 2.24) is 14.5 Å². The minimum atomic E-state index is -0.518. The summed E-state index contributed by atoms with van der Waals surface area (Å²) in [6, 6.07) is 23.2. The first-order chi connectivity index (χ1) is 15.1. The number of hydrazone groups is 1. The van der Waals surface area contributed by atoms with Gasteiger partial charge in [-0.25, -0.2) is 10.4 Å². The van der Waals surface area contributed by atoms with E-state index in [-0.39, 0.29) is 11.5 Å². The third-order valence-corrected chi connectivity index (χ3v) is 4.88. The highest BCUT2D eigenvalue weighted by Gasteiger charge is 2.12. The minimum Gasteiger partial charge on any atom is -0.319 e. The van der Waals surface area contributed by atoms with Crippen LogP contribution < -0.4 is 11.0 Å². The van der Waals surface area contributed by atoms with E-state index in [9.17, 15) is 10.1 Å². The number of hydrogen-bond donors (Lipinski definition) is 2. The Balaban J connectivity index is 1.55. The molecule has 0 amide bonds. The van der Waals surface area contributed by atoms with Crippen LogP contribution in [0.15, 0.2) is 76.6 Å². The van der Waals surface area contributed by atoms with Crippen molar-refractivity contribution in [2.24, 2.45) is 5.10 Å². The number of nitrogens with one attached hydrogen (secondary N) is 2. The third-order valence-electron chi connectivity index (χ3n) is 4.88. The zero-order valence-corrected chi connectivity index (χ0v) is 17.1. The Morgan fingerprint density at radius 2 is 1.71 bits per heavy atom. The molecular weight excluding hydrogens is 388 g/mol. The molecule has 2 heterocycles. The van der Waals surface area contributed by atoms with Gasteiger partial charge in [-0.1, -0.05) is 42.5 Å². The fraction of sp³-hybridized carbons (Fsp3) is 0.0833. The summed E-state index contributed by atoms with van der Waals surface area (Å²) in [6.45, 7) is 4.14. The first-order valence-electron chi connectivity index (χ1n) is 9.71. The van der Waals surface area contributed by atoms with Crippen LogP contribution in [0.5, 0.6) is 0 Å². The molecule has 0 aliphatic heterocycles. The van der Waals surface area contributed by atoms with Gasteiger partial charge < -0.3 is 4.57 Å². The number of anilines is 1. The highest BCUT2D eigenvalue weighted by atomic mass is 16.1. The molecular formula is C24H20N6O. The van der Waals surface area contributed by atoms with Gasteiger partial charge in [0.05, 0.1) is 11.9 Å². The number of nitrogens with zero attached hydrogens (tertiary/aromatic N) is 4. The van der Waals surface area contributed by atoms with E-state index in [1.807, 2.05) is 48.5 Å². The van der Waals surface area contributed by atoms with Crippen LogP contribution in [0, 0.1) is 25.2 Å². The van der Waals surface area contributed by atoms with E-state index in [2.05, 4.69) is 51.0 Å². The molecule has 0 bridgehead atoms. The maximum Gasteiger partial charge on any atom is 0.270 e. The van der Waals surface area contributed by atoms with Gasteiger partial charge in [0.2, 0.25) is 5.95 Å². The monoisotopic (exact) mass is 408 g/mol. The summed E-state index contributed by atoms with van der Waals surface area (Å²) in [4.78, 5) is 19.2. The highest BCUT2D eigenvalue weighted by molar-refractivity contribution is 5.80. The Morgan fingerprint density at radius 3 is 2.35 bits per heavy atom. The fourth-order valence-electron chi connectivity index (χ4n) is 3.39. The Bertz CT molecular complexity index is 1320. The fourth-order valence-corrected chi connectivity index (χ4v) is 3.39. The number of nitriles is 1. The summed E-state index contributed by atoms with van der Waals surface area (Å²) in [5, 5.41) is 13.5. The third kappa shape index (κ3) is 4.14. The Kier molecular flexibility index (Phi) is 5.45. The second-order valence-corrected chi connectivity index (χ2v) is 7.03. The molecule has 0 aliphatic rings. The van der Waals surface area contributed by atoms with E-state index in [0.29, 0.717) is 11.3 Å². The van der Waals surface area contributed by atoms with Crippen LogP contribution in [0.25, 0.3) is 16.9 Å². The number of aryl methyl sites for hydroxylation is 2. The highest BCUT2D eigenvalue weighted by Crippen LogP contribution is 2.19. The van der Waals surface area contributed by atoms with Crippen molar-refractivity contribution in [3.8, 4) is 23.0 Å². The Hall–Kier alpha value is -4.44. The van der Waals surface area contributed by atoms with Gasteiger partial charge in [0, 0.05) is 22.6 Å². The van der Waals surface area contributed by atoms with Crippen molar-refractivity contribution in [1.29, 1.82) is 5.26 Å². The summed E-state index contributed by atoms with van der Waals surface area (Å²) < 4.78 is 2.18. The molecule has 0 fully saturated rings. The van der Waals surface area contributed by atoms with Gasteiger partial charge >= 0.3 is 0 Å². The molecule has 0 atom stereocenters. The normalized spacial score (nSPS) is 10.9. The van der Waals surface area contributed by atoms with Crippen LogP contribution in [0.1, 0.15) is 22.5 Å². The lowest BCUT2D eigenvalue weighted by Gasteiger charge is -2.09. The smallest absolute Gasteiger partial charge is 0.270 e. The molecule has 0 spiro atoms. The van der Waals surface area contributed by atoms with E-state index < -0.39 is 5.56 Å². The Morgan fingerprint density at radius 1 is 1.03 bits per heavy atom. The summed E-state index contributed by atoms with van der Waals surface area (Å²) in [5.41, 5.74) is 7.50. The van der Waals surface area contributed by atoms with Crippen molar-refractivity contribution in [3.05, 3.63) is 99.6 Å². The standard InChI is InChI=1S/C24H20N6O/c1-16-8-9-17(2)30(16)20-12-10-18(11-13-20)15-26-29-24-27-22(19-6-4-3-5-7-19)21(14-25)23(31)28-24/h3-13,15H,1-2H3,(H2,27,28,29,31). The van der Waals surface area contributed by atoms with Crippen LogP contribution in [-0.4, -0.2) is 20.7 Å². The topological polar surface area (TPSA) is 98.9 Å². The van der Waals surface area contributed by atoms with E-state index in [0.717, 1.165) is 11.3 Å². The summed E-state index contributed by atoms with van der Waals surface area (Å²) >= 11 is 0. The number of aromatic amines is 1. The number of aromatic nitrogens is 3. The average Bonchev–Trinajstić information content (AvgIpc) is 3.12. The van der Waals surface area contributed by atoms with Crippen molar-refractivity contribution in [2.45, 2.75) is 13.8 Å². The van der Waals surface area contributed by atoms with Gasteiger partial charge in [-0.15, -0.1) is 0 Å². The largest absolute Gasteiger partial charge is 0.319 e. The van der Waals surface area contributed by atoms with Crippen molar-refractivity contribution in [3.63, 3.8) is 0 Å². The van der Waals surface area contributed by atoms with Gasteiger partial charge in [-0.2, -0.15) is 10.4 Å². The number of rotatable bonds is 5. The molecule has 2 N–H and O–H groups in total. The van der Waals surface area contributed by atoms with Gasteiger partial charge in [0.1, 0.15) is 11.6 Å². The second kappa shape index (κ2) is 8.51. The molecule has 0 aliphatic carbocycles. The molecule has 152 valence electrons. The number of H-pyrrole nitrogens is 1. The predicted molar refractivity (Wildman–Crippen MR) is 121 cm³/mol. The van der Waals surface area contributed by atoms with Crippen molar-refractivity contribution < 1.29 is 0 Å². The molecule has 2 aromatic heterocycles. The summed E-state index contributed by atoms with van der Waals surface area (Å²) in [5.74, 6) is 0.161. The first kappa shape index (κ1) is 19.9. The van der Waals surface area contributed by atoms with Gasteiger partial charge in [0.25, 0.3) is 5.56 Å². The molecule has 2 aromatic carbocycles. The molecule has 7 heteroatoms. The molecule has 0 unspecified atom stereocenters. The first-order valence-corrected chi connectivity index (χ1v) is 9.71. The van der Waals surface area contributed by atoms with Gasteiger partial charge in [0.15, 0.2) is 0 Å². The van der Waals surface area contributed by atoms with Crippen LogP contribution in [0.4, 0.5) is 5.95 Å². The van der Waals surface area contributed by atoms with E-state index in [1.165, 1.54) is 11.4 Å². The molecule has 0 saturated heterocycles. The van der Waals surface area contributed by atoms with E-state index in [1.54, 1.807) is 18.3 Å². The van der Waals surface area contributed by atoms with Crippen LogP contribution in [0.3, 0.4) is 0 Å². The van der Waals surface area contributed by atoms with Gasteiger partial charge in [-0.05, 0) is 43.7 Å². The maximum absolute atomic E-state index is 12.3. The molecule has 7 nitrogen and oxygen atoms in total. The maximum atomic E-state index is 12.3. The molecule has 4 aromatic rings. The molecule has 0 radical (unpaired) electrons. The van der Waals surface area contributed by atoms with Crippen molar-refractivity contribution in [2.75, 3.05) is 5.43 Å². The number of hydrogen-bond acceptors (Lipinski definition) is 5. The number of benzene rings is 2. The summed E-state index contributed by atoms with van der Waals surface area (Å²) in [6.07, 6.45) is 1.64. The SMILES string of the molecule is Cc1ccc(C)n1-c1ccc(C=NNc2nc(-c3ccccc3)c(C#N)c(=O)[nH]2)cc1.